The van der Waals surface area contributed by atoms with Gasteiger partial charge >= 0.3 is 0 Å². The molecule has 1 aromatic heterocycles. The van der Waals surface area contributed by atoms with E-state index in [1.165, 1.54) is 19.2 Å². The Morgan fingerprint density at radius 1 is 1.55 bits per heavy atom. The fourth-order valence-corrected chi connectivity index (χ4v) is 2.47. The quantitative estimate of drug-likeness (QED) is 0.816. The van der Waals surface area contributed by atoms with E-state index in [2.05, 4.69) is 15.2 Å². The predicted octanol–water partition coefficient (Wildman–Crippen LogP) is 0.916. The molecule has 114 valence electrons. The van der Waals surface area contributed by atoms with Crippen LogP contribution in [0.25, 0.3) is 0 Å². The summed E-state index contributed by atoms with van der Waals surface area (Å²) in [6.45, 7) is 2.92. The van der Waals surface area contributed by atoms with Crippen molar-refractivity contribution in [2.75, 3.05) is 19.6 Å². The summed E-state index contributed by atoms with van der Waals surface area (Å²) in [5.74, 6) is 0.0365. The molecule has 20 heavy (non-hydrogen) atoms. The molecule has 7 heteroatoms. The first kappa shape index (κ1) is 16.9. The van der Waals surface area contributed by atoms with Crippen molar-refractivity contribution in [1.29, 1.82) is 0 Å². The van der Waals surface area contributed by atoms with Crippen LogP contribution in [-0.4, -0.2) is 41.5 Å². The van der Waals surface area contributed by atoms with Gasteiger partial charge in [0.25, 0.3) is 0 Å². The zero-order chi connectivity index (χ0) is 13.5. The van der Waals surface area contributed by atoms with Crippen molar-refractivity contribution >= 4 is 18.3 Å². The summed E-state index contributed by atoms with van der Waals surface area (Å²) in [6, 6.07) is 0.382. The smallest absolute Gasteiger partial charge is 0.221 e. The zero-order valence-corrected chi connectivity index (χ0v) is 12.4. The highest BCUT2D eigenvalue weighted by Gasteiger charge is 2.23. The summed E-state index contributed by atoms with van der Waals surface area (Å²) in [5, 5.41) is 2.96. The molecular weight excluding hydrogens is 280 g/mol. The van der Waals surface area contributed by atoms with Gasteiger partial charge < -0.3 is 15.5 Å². The van der Waals surface area contributed by atoms with Gasteiger partial charge in [0.05, 0.1) is 5.69 Å². The molecule has 1 amide bonds. The number of nitrogens with zero attached hydrogens (tertiary/aromatic N) is 2. The van der Waals surface area contributed by atoms with E-state index in [-0.39, 0.29) is 18.3 Å². The van der Waals surface area contributed by atoms with E-state index < -0.39 is 0 Å². The lowest BCUT2D eigenvalue weighted by molar-refractivity contribution is -0.121. The molecule has 1 aliphatic rings. The number of rotatable bonds is 6. The molecule has 0 radical (unpaired) electrons. The van der Waals surface area contributed by atoms with E-state index in [1.54, 1.807) is 6.26 Å². The molecule has 1 atom stereocenters. The van der Waals surface area contributed by atoms with Gasteiger partial charge in [0, 0.05) is 32.1 Å². The van der Waals surface area contributed by atoms with Crippen LogP contribution in [0.2, 0.25) is 0 Å². The Labute approximate surface area is 125 Å². The van der Waals surface area contributed by atoms with Crippen molar-refractivity contribution in [2.45, 2.75) is 38.3 Å². The minimum absolute atomic E-state index is 0. The molecule has 1 fully saturated rings. The number of aromatic nitrogens is 1. The van der Waals surface area contributed by atoms with E-state index in [0.717, 1.165) is 25.2 Å². The molecule has 6 nitrogen and oxygen atoms in total. The fraction of sp³-hybridized carbons (Fsp3) is 0.692. The minimum atomic E-state index is 0. The second-order valence-corrected chi connectivity index (χ2v) is 4.94. The third kappa shape index (κ3) is 5.11. The molecule has 1 saturated heterocycles. The van der Waals surface area contributed by atoms with Gasteiger partial charge in [-0.05, 0) is 19.4 Å². The van der Waals surface area contributed by atoms with Gasteiger partial charge in [-0.25, -0.2) is 4.98 Å². The Bertz CT molecular complexity index is 386. The van der Waals surface area contributed by atoms with Crippen LogP contribution in [0.5, 0.6) is 0 Å². The monoisotopic (exact) mass is 302 g/mol. The molecule has 2 rings (SSSR count). The largest absolute Gasteiger partial charge is 0.451 e. The number of nitrogens with two attached hydrogens (primary N) is 1. The van der Waals surface area contributed by atoms with Gasteiger partial charge in [-0.1, -0.05) is 6.42 Å². The van der Waals surface area contributed by atoms with Crippen LogP contribution >= 0.6 is 12.4 Å². The third-order valence-corrected chi connectivity index (χ3v) is 3.50. The van der Waals surface area contributed by atoms with E-state index >= 15 is 0 Å². The molecule has 1 aliphatic heterocycles. The van der Waals surface area contributed by atoms with E-state index in [9.17, 15) is 4.79 Å². The molecule has 1 unspecified atom stereocenters. The van der Waals surface area contributed by atoms with Crippen molar-refractivity contribution < 1.29 is 9.21 Å². The molecule has 0 bridgehead atoms. The van der Waals surface area contributed by atoms with Crippen LogP contribution in [0.15, 0.2) is 17.1 Å². The second kappa shape index (κ2) is 8.94. The van der Waals surface area contributed by atoms with Gasteiger partial charge in [0.1, 0.15) is 6.26 Å². The number of amides is 1. The summed E-state index contributed by atoms with van der Waals surface area (Å²) in [5.41, 5.74) is 6.31. The summed E-state index contributed by atoms with van der Waals surface area (Å²) in [4.78, 5) is 18.0. The average Bonchev–Trinajstić information content (AvgIpc) is 2.91. The van der Waals surface area contributed by atoms with Gasteiger partial charge in [-0.2, -0.15) is 0 Å². The molecule has 3 N–H and O–H groups in total. The van der Waals surface area contributed by atoms with Crippen LogP contribution in [0, 0.1) is 0 Å². The van der Waals surface area contributed by atoms with Crippen LogP contribution < -0.4 is 11.1 Å². The Hall–Kier alpha value is -1.11. The Kier molecular flexibility index (Phi) is 7.58. The number of nitrogens with one attached hydrogen (secondary N) is 1. The number of carbonyl (C=O) groups is 1. The van der Waals surface area contributed by atoms with Crippen LogP contribution in [0.4, 0.5) is 0 Å². The number of piperidine rings is 1. The first-order chi connectivity index (χ1) is 9.29. The SMILES string of the molecule is Cl.NCCC(=O)NCC1CCCCN1Cc1cocn1. The molecule has 0 aliphatic carbocycles. The van der Waals surface area contributed by atoms with E-state index in [1.807, 2.05) is 0 Å². The lowest BCUT2D eigenvalue weighted by Crippen LogP contribution is -2.46. The van der Waals surface area contributed by atoms with Gasteiger partial charge in [-0.3, -0.25) is 9.69 Å². The van der Waals surface area contributed by atoms with Crippen molar-refractivity contribution in [3.8, 4) is 0 Å². The van der Waals surface area contributed by atoms with Crippen LogP contribution in [0.3, 0.4) is 0 Å². The van der Waals surface area contributed by atoms with Gasteiger partial charge in [-0.15, -0.1) is 12.4 Å². The third-order valence-electron chi connectivity index (χ3n) is 3.50. The molecule has 0 aromatic carbocycles. The summed E-state index contributed by atoms with van der Waals surface area (Å²) >= 11 is 0. The highest BCUT2D eigenvalue weighted by molar-refractivity contribution is 5.85. The fourth-order valence-electron chi connectivity index (χ4n) is 2.47. The predicted molar refractivity (Wildman–Crippen MR) is 78.5 cm³/mol. The molecule has 2 heterocycles. The lowest BCUT2D eigenvalue weighted by atomic mass is 10.0. The van der Waals surface area contributed by atoms with Crippen LogP contribution in [-0.2, 0) is 11.3 Å². The highest BCUT2D eigenvalue weighted by Crippen LogP contribution is 2.18. The summed E-state index contributed by atoms with van der Waals surface area (Å²) in [7, 11) is 0. The maximum atomic E-state index is 11.5. The van der Waals surface area contributed by atoms with Crippen molar-refractivity contribution in [1.82, 2.24) is 15.2 Å². The number of halogens is 1. The number of likely N-dealkylation sites (tertiary alicyclic amines) is 1. The zero-order valence-electron chi connectivity index (χ0n) is 11.6. The standard InChI is InChI=1S/C13H22N4O2.ClH/c14-5-4-13(18)15-7-12-3-1-2-6-17(12)8-11-9-19-10-16-11;/h9-10,12H,1-8,14H2,(H,15,18);1H. The first-order valence-corrected chi connectivity index (χ1v) is 6.87. The highest BCUT2D eigenvalue weighted by atomic mass is 35.5. The topological polar surface area (TPSA) is 84.4 Å². The van der Waals surface area contributed by atoms with Crippen LogP contribution in [0.1, 0.15) is 31.4 Å². The van der Waals surface area contributed by atoms with Crippen molar-refractivity contribution in [3.05, 3.63) is 18.4 Å². The van der Waals surface area contributed by atoms with Gasteiger partial charge in [0.15, 0.2) is 6.39 Å². The summed E-state index contributed by atoms with van der Waals surface area (Å²) in [6.07, 6.45) is 7.06. The Morgan fingerprint density at radius 2 is 2.40 bits per heavy atom. The maximum Gasteiger partial charge on any atom is 0.221 e. The average molecular weight is 303 g/mol. The molecular formula is C13H23ClN4O2. The number of oxazole rings is 1. The molecule has 0 spiro atoms. The Balaban J connectivity index is 0.00000200. The maximum absolute atomic E-state index is 11.5. The lowest BCUT2D eigenvalue weighted by Gasteiger charge is -2.35. The first-order valence-electron chi connectivity index (χ1n) is 6.87. The normalized spacial score (nSPS) is 19.4. The summed E-state index contributed by atoms with van der Waals surface area (Å²) < 4.78 is 5.00. The van der Waals surface area contributed by atoms with E-state index in [4.69, 9.17) is 10.2 Å². The second-order valence-electron chi connectivity index (χ2n) is 4.94. The number of hydrogen-bond acceptors (Lipinski definition) is 5. The minimum Gasteiger partial charge on any atom is -0.451 e. The van der Waals surface area contributed by atoms with E-state index in [0.29, 0.717) is 25.6 Å². The van der Waals surface area contributed by atoms with Crippen molar-refractivity contribution in [2.24, 2.45) is 5.73 Å². The Morgan fingerprint density at radius 3 is 3.10 bits per heavy atom. The number of hydrogen-bond donors (Lipinski definition) is 2. The molecule has 1 aromatic rings. The molecule has 0 saturated carbocycles. The number of carbonyl (C=O) groups excluding carboxylic acids is 1. The van der Waals surface area contributed by atoms with Gasteiger partial charge in [0.2, 0.25) is 5.91 Å². The van der Waals surface area contributed by atoms with Crippen molar-refractivity contribution in [3.63, 3.8) is 0 Å².